The largest absolute Gasteiger partial charge is 0.326 e. The quantitative estimate of drug-likeness (QED) is 0.479. The van der Waals surface area contributed by atoms with Gasteiger partial charge in [-0.25, -0.2) is 0 Å². The molecule has 2 amide bonds. The van der Waals surface area contributed by atoms with Crippen LogP contribution in [0.3, 0.4) is 0 Å². The molecule has 0 aromatic heterocycles. The highest BCUT2D eigenvalue weighted by molar-refractivity contribution is 6.01. The number of hydrogen-bond acceptors (Lipinski definition) is 2. The fourth-order valence-electron chi connectivity index (χ4n) is 4.55. The van der Waals surface area contributed by atoms with E-state index in [1.807, 2.05) is 73.7 Å². The third kappa shape index (κ3) is 5.25. The number of benzene rings is 3. The lowest BCUT2D eigenvalue weighted by atomic mass is 9.81. The van der Waals surface area contributed by atoms with Crippen LogP contribution in [0, 0.1) is 12.3 Å². The fraction of sp³-hybridized carbons (Fsp3) is 0.286. The molecule has 3 aromatic rings. The van der Waals surface area contributed by atoms with Gasteiger partial charge in [0.2, 0.25) is 11.8 Å². The van der Waals surface area contributed by atoms with Crippen LogP contribution in [0.4, 0.5) is 11.4 Å². The van der Waals surface area contributed by atoms with E-state index in [0.717, 1.165) is 54.6 Å². The van der Waals surface area contributed by atoms with Crippen molar-refractivity contribution >= 4 is 23.2 Å². The lowest BCUT2D eigenvalue weighted by Gasteiger charge is -2.27. The topological polar surface area (TPSA) is 58.2 Å². The first kappa shape index (κ1) is 21.8. The van der Waals surface area contributed by atoms with Crippen molar-refractivity contribution in [2.24, 2.45) is 5.41 Å². The highest BCUT2D eigenvalue weighted by atomic mass is 16.2. The highest BCUT2D eigenvalue weighted by Gasteiger charge is 2.43. The standard InChI is InChI=1S/C28H30N2O2/c1-21-13-15-24(16-14-21)29-26(31)20-28(17-7-8-18-28)27(32)30-25-12-6-5-11-23(25)19-22-9-3-2-4-10-22/h2-6,9-16H,7-8,17-20H2,1H3,(H,29,31)(H,30,32). The SMILES string of the molecule is Cc1ccc(NC(=O)CC2(C(=O)Nc3ccccc3Cc3ccccc3)CCCC2)cc1. The highest BCUT2D eigenvalue weighted by Crippen LogP contribution is 2.42. The maximum absolute atomic E-state index is 13.5. The summed E-state index contributed by atoms with van der Waals surface area (Å²) in [6, 6.07) is 25.9. The van der Waals surface area contributed by atoms with Gasteiger partial charge < -0.3 is 10.6 Å². The van der Waals surface area contributed by atoms with Crippen LogP contribution in [0.2, 0.25) is 0 Å². The number of carbonyl (C=O) groups is 2. The van der Waals surface area contributed by atoms with E-state index in [4.69, 9.17) is 0 Å². The van der Waals surface area contributed by atoms with Gasteiger partial charge in [0, 0.05) is 17.8 Å². The zero-order valence-electron chi connectivity index (χ0n) is 18.6. The Morgan fingerprint density at radius 3 is 2.19 bits per heavy atom. The molecule has 4 heteroatoms. The molecule has 2 N–H and O–H groups in total. The number of para-hydroxylation sites is 1. The third-order valence-electron chi connectivity index (χ3n) is 6.38. The summed E-state index contributed by atoms with van der Waals surface area (Å²) in [5.41, 5.74) is 4.35. The first-order valence-corrected chi connectivity index (χ1v) is 11.3. The predicted molar refractivity (Wildman–Crippen MR) is 130 cm³/mol. The molecule has 1 aliphatic carbocycles. The van der Waals surface area contributed by atoms with E-state index in [9.17, 15) is 9.59 Å². The minimum absolute atomic E-state index is 0.0467. The van der Waals surface area contributed by atoms with E-state index < -0.39 is 5.41 Å². The summed E-state index contributed by atoms with van der Waals surface area (Å²) in [5.74, 6) is -0.155. The molecule has 0 spiro atoms. The average Bonchev–Trinajstić information content (AvgIpc) is 3.27. The molecule has 0 aliphatic heterocycles. The summed E-state index contributed by atoms with van der Waals surface area (Å²) in [7, 11) is 0. The fourth-order valence-corrected chi connectivity index (χ4v) is 4.55. The first-order chi connectivity index (χ1) is 15.5. The number of hydrogen-bond donors (Lipinski definition) is 2. The van der Waals surface area contributed by atoms with E-state index in [-0.39, 0.29) is 18.2 Å². The smallest absolute Gasteiger partial charge is 0.231 e. The number of rotatable bonds is 7. The summed E-state index contributed by atoms with van der Waals surface area (Å²) >= 11 is 0. The Bertz CT molecular complexity index is 1070. The Morgan fingerprint density at radius 1 is 0.812 bits per heavy atom. The van der Waals surface area contributed by atoms with E-state index in [0.29, 0.717) is 0 Å². The van der Waals surface area contributed by atoms with Crippen LogP contribution in [0.15, 0.2) is 78.9 Å². The van der Waals surface area contributed by atoms with Crippen molar-refractivity contribution in [3.8, 4) is 0 Å². The van der Waals surface area contributed by atoms with Crippen LogP contribution in [0.5, 0.6) is 0 Å². The summed E-state index contributed by atoms with van der Waals surface area (Å²) in [4.78, 5) is 26.3. The maximum Gasteiger partial charge on any atom is 0.231 e. The lowest BCUT2D eigenvalue weighted by molar-refractivity contribution is -0.130. The van der Waals surface area contributed by atoms with Crippen molar-refractivity contribution in [1.29, 1.82) is 0 Å². The van der Waals surface area contributed by atoms with Crippen LogP contribution >= 0.6 is 0 Å². The monoisotopic (exact) mass is 426 g/mol. The average molecular weight is 427 g/mol. The van der Waals surface area contributed by atoms with Gasteiger partial charge in [0.1, 0.15) is 0 Å². The van der Waals surface area contributed by atoms with E-state index >= 15 is 0 Å². The Morgan fingerprint density at radius 2 is 1.47 bits per heavy atom. The van der Waals surface area contributed by atoms with Crippen LogP contribution in [0.25, 0.3) is 0 Å². The molecular weight excluding hydrogens is 396 g/mol. The number of aryl methyl sites for hydroxylation is 1. The van der Waals surface area contributed by atoms with Gasteiger partial charge in [-0.15, -0.1) is 0 Å². The van der Waals surface area contributed by atoms with Gasteiger partial charge in [0.05, 0.1) is 5.41 Å². The number of carbonyl (C=O) groups excluding carboxylic acids is 2. The summed E-state index contributed by atoms with van der Waals surface area (Å²) in [6.07, 6.45) is 4.36. The maximum atomic E-state index is 13.5. The van der Waals surface area contributed by atoms with Crippen LogP contribution in [-0.2, 0) is 16.0 Å². The van der Waals surface area contributed by atoms with Gasteiger partial charge in [-0.2, -0.15) is 0 Å². The van der Waals surface area contributed by atoms with Crippen molar-refractivity contribution in [3.63, 3.8) is 0 Å². The second-order valence-corrected chi connectivity index (χ2v) is 8.85. The minimum atomic E-state index is -0.658. The molecule has 1 saturated carbocycles. The molecule has 0 atom stereocenters. The Hall–Kier alpha value is -3.40. The van der Waals surface area contributed by atoms with Crippen molar-refractivity contribution in [3.05, 3.63) is 95.6 Å². The molecule has 1 fully saturated rings. The van der Waals surface area contributed by atoms with Crippen molar-refractivity contribution in [2.75, 3.05) is 10.6 Å². The molecule has 1 aliphatic rings. The number of anilines is 2. The van der Waals surface area contributed by atoms with Crippen LogP contribution < -0.4 is 10.6 Å². The molecule has 32 heavy (non-hydrogen) atoms. The van der Waals surface area contributed by atoms with E-state index in [1.54, 1.807) is 0 Å². The molecule has 0 saturated heterocycles. The Balaban J connectivity index is 1.48. The summed E-state index contributed by atoms with van der Waals surface area (Å²) in [5, 5.41) is 6.14. The van der Waals surface area contributed by atoms with Crippen LogP contribution in [0.1, 0.15) is 48.8 Å². The van der Waals surface area contributed by atoms with Gasteiger partial charge in [-0.3, -0.25) is 9.59 Å². The van der Waals surface area contributed by atoms with Gasteiger partial charge in [0.25, 0.3) is 0 Å². The molecule has 4 nitrogen and oxygen atoms in total. The summed E-state index contributed by atoms with van der Waals surface area (Å²) < 4.78 is 0. The molecule has 3 aromatic carbocycles. The first-order valence-electron chi connectivity index (χ1n) is 11.3. The van der Waals surface area contributed by atoms with Gasteiger partial charge in [-0.05, 0) is 55.5 Å². The van der Waals surface area contributed by atoms with E-state index in [2.05, 4.69) is 22.8 Å². The molecule has 0 radical (unpaired) electrons. The second-order valence-electron chi connectivity index (χ2n) is 8.85. The Kier molecular flexibility index (Phi) is 6.69. The van der Waals surface area contributed by atoms with Crippen molar-refractivity contribution < 1.29 is 9.59 Å². The lowest BCUT2D eigenvalue weighted by Crippen LogP contribution is -2.37. The molecule has 0 unspecified atom stereocenters. The summed E-state index contributed by atoms with van der Waals surface area (Å²) in [6.45, 7) is 2.01. The molecular formula is C28H30N2O2. The van der Waals surface area contributed by atoms with Gasteiger partial charge >= 0.3 is 0 Å². The van der Waals surface area contributed by atoms with E-state index in [1.165, 1.54) is 5.56 Å². The van der Waals surface area contributed by atoms with Crippen LogP contribution in [-0.4, -0.2) is 11.8 Å². The zero-order chi connectivity index (χ0) is 22.4. The molecule has 0 heterocycles. The third-order valence-corrected chi connectivity index (χ3v) is 6.38. The zero-order valence-corrected chi connectivity index (χ0v) is 18.6. The van der Waals surface area contributed by atoms with Gasteiger partial charge in [0.15, 0.2) is 0 Å². The number of nitrogens with one attached hydrogen (secondary N) is 2. The minimum Gasteiger partial charge on any atom is -0.326 e. The normalized spacial score (nSPS) is 14.7. The molecule has 0 bridgehead atoms. The Labute approximate surface area is 190 Å². The second kappa shape index (κ2) is 9.82. The predicted octanol–water partition coefficient (Wildman–Crippen LogP) is 6.11. The molecule has 164 valence electrons. The van der Waals surface area contributed by atoms with Crippen molar-refractivity contribution in [1.82, 2.24) is 0 Å². The van der Waals surface area contributed by atoms with Crippen molar-refractivity contribution in [2.45, 2.75) is 45.4 Å². The number of amides is 2. The van der Waals surface area contributed by atoms with Gasteiger partial charge in [-0.1, -0.05) is 79.1 Å². The molecule has 4 rings (SSSR count).